The number of benzene rings is 1. The van der Waals surface area contributed by atoms with Gasteiger partial charge in [-0.2, -0.15) is 0 Å². The predicted molar refractivity (Wildman–Crippen MR) is 83.3 cm³/mol. The molecule has 1 aliphatic rings. The number of carbonyl (C=O) groups is 1. The maximum atomic E-state index is 11.2. The zero-order valence-electron chi connectivity index (χ0n) is 11.7. The van der Waals surface area contributed by atoms with Gasteiger partial charge in [-0.1, -0.05) is 23.7 Å². The lowest BCUT2D eigenvalue weighted by molar-refractivity contribution is -0.142. The fourth-order valence-corrected chi connectivity index (χ4v) is 2.64. The highest BCUT2D eigenvalue weighted by molar-refractivity contribution is 6.30. The van der Waals surface area contributed by atoms with Gasteiger partial charge >= 0.3 is 5.97 Å². The Hall–Kier alpha value is -0.770. The molecule has 0 aliphatic carbocycles. The Morgan fingerprint density at radius 2 is 1.90 bits per heavy atom. The van der Waals surface area contributed by atoms with Crippen LogP contribution in [-0.4, -0.2) is 31.1 Å². The lowest BCUT2D eigenvalue weighted by Gasteiger charge is -2.31. The Morgan fingerprint density at radius 1 is 1.30 bits per heavy atom. The largest absolute Gasteiger partial charge is 0.469 e. The Morgan fingerprint density at radius 3 is 2.45 bits per heavy atom. The molecular weight excluding hydrogens is 297 g/mol. The third-order valence-corrected chi connectivity index (χ3v) is 3.96. The summed E-state index contributed by atoms with van der Waals surface area (Å²) in [6.07, 6.45) is 2.71. The van der Waals surface area contributed by atoms with Gasteiger partial charge in [-0.15, -0.1) is 12.4 Å². The van der Waals surface area contributed by atoms with Crippen molar-refractivity contribution in [3.05, 3.63) is 34.9 Å². The lowest BCUT2D eigenvalue weighted by atomic mass is 9.93. The minimum Gasteiger partial charge on any atom is -0.469 e. The summed E-state index contributed by atoms with van der Waals surface area (Å²) < 4.78 is 4.72. The third kappa shape index (κ3) is 5.31. The molecule has 0 atom stereocenters. The van der Waals surface area contributed by atoms with E-state index in [2.05, 4.69) is 17.0 Å². The van der Waals surface area contributed by atoms with Crippen molar-refractivity contribution < 1.29 is 9.53 Å². The fourth-order valence-electron chi connectivity index (χ4n) is 2.52. The van der Waals surface area contributed by atoms with E-state index in [0.717, 1.165) is 37.5 Å². The van der Waals surface area contributed by atoms with E-state index in [1.165, 1.54) is 12.7 Å². The number of carbonyl (C=O) groups excluding carboxylic acids is 1. The Bertz CT molecular complexity index is 414. The van der Waals surface area contributed by atoms with Gasteiger partial charge < -0.3 is 4.74 Å². The van der Waals surface area contributed by atoms with Crippen LogP contribution in [0.5, 0.6) is 0 Å². The molecule has 1 saturated heterocycles. The first-order valence-electron chi connectivity index (χ1n) is 6.71. The molecule has 0 spiro atoms. The molecule has 1 fully saturated rings. The molecule has 1 aromatic carbocycles. The second kappa shape index (κ2) is 8.50. The van der Waals surface area contributed by atoms with Crippen LogP contribution in [0.15, 0.2) is 24.3 Å². The number of esters is 1. The molecule has 0 amide bonds. The zero-order valence-corrected chi connectivity index (χ0v) is 13.3. The normalized spacial score (nSPS) is 16.5. The Balaban J connectivity index is 0.00000200. The molecule has 0 N–H and O–H groups in total. The monoisotopic (exact) mass is 317 g/mol. The molecule has 2 rings (SSSR count). The molecule has 0 aromatic heterocycles. The summed E-state index contributed by atoms with van der Waals surface area (Å²) >= 11 is 5.88. The van der Waals surface area contributed by atoms with E-state index in [4.69, 9.17) is 16.3 Å². The van der Waals surface area contributed by atoms with Crippen LogP contribution in [-0.2, 0) is 16.1 Å². The van der Waals surface area contributed by atoms with Gasteiger partial charge in [0.2, 0.25) is 0 Å². The van der Waals surface area contributed by atoms with E-state index < -0.39 is 0 Å². The summed E-state index contributed by atoms with van der Waals surface area (Å²) in [5.74, 6) is 0.394. The average molecular weight is 318 g/mol. The first-order valence-corrected chi connectivity index (χ1v) is 7.09. The number of hydrogen-bond donors (Lipinski definition) is 0. The summed E-state index contributed by atoms with van der Waals surface area (Å²) in [6.45, 7) is 3.05. The van der Waals surface area contributed by atoms with E-state index in [1.807, 2.05) is 12.1 Å². The molecule has 0 bridgehead atoms. The molecule has 0 radical (unpaired) electrons. The minimum absolute atomic E-state index is 0. The van der Waals surface area contributed by atoms with Crippen LogP contribution in [0.4, 0.5) is 0 Å². The van der Waals surface area contributed by atoms with Crippen LogP contribution in [0, 0.1) is 5.92 Å². The van der Waals surface area contributed by atoms with Gasteiger partial charge in [0.1, 0.15) is 0 Å². The molecule has 1 aromatic rings. The minimum atomic E-state index is -0.0869. The van der Waals surface area contributed by atoms with Gasteiger partial charge in [0.05, 0.1) is 7.11 Å². The second-order valence-electron chi connectivity index (χ2n) is 5.13. The van der Waals surface area contributed by atoms with Crippen molar-refractivity contribution in [1.82, 2.24) is 4.90 Å². The fraction of sp³-hybridized carbons (Fsp3) is 0.533. The van der Waals surface area contributed by atoms with E-state index in [0.29, 0.717) is 12.3 Å². The van der Waals surface area contributed by atoms with Gasteiger partial charge in [-0.3, -0.25) is 9.69 Å². The van der Waals surface area contributed by atoms with Crippen LogP contribution < -0.4 is 0 Å². The molecular formula is C15H21Cl2NO2. The Labute approximate surface area is 131 Å². The number of methoxy groups -OCH3 is 1. The van der Waals surface area contributed by atoms with Gasteiger partial charge in [0.25, 0.3) is 0 Å². The maximum Gasteiger partial charge on any atom is 0.305 e. The summed E-state index contributed by atoms with van der Waals surface area (Å²) in [4.78, 5) is 13.7. The average Bonchev–Trinajstić information content (AvgIpc) is 2.43. The van der Waals surface area contributed by atoms with Gasteiger partial charge in [-0.05, 0) is 49.5 Å². The number of halogens is 2. The molecule has 1 aliphatic heterocycles. The summed E-state index contributed by atoms with van der Waals surface area (Å²) in [5, 5.41) is 0.778. The quantitative estimate of drug-likeness (QED) is 0.795. The number of likely N-dealkylation sites (tertiary alicyclic amines) is 1. The first kappa shape index (κ1) is 17.3. The highest BCUT2D eigenvalue weighted by atomic mass is 35.5. The van der Waals surface area contributed by atoms with E-state index in [1.54, 1.807) is 0 Å². The number of hydrogen-bond acceptors (Lipinski definition) is 3. The topological polar surface area (TPSA) is 29.5 Å². The highest BCUT2D eigenvalue weighted by Gasteiger charge is 2.21. The summed E-state index contributed by atoms with van der Waals surface area (Å²) in [7, 11) is 1.46. The molecule has 1 heterocycles. The zero-order chi connectivity index (χ0) is 13.7. The Kier molecular flexibility index (Phi) is 7.35. The number of piperidine rings is 1. The van der Waals surface area contributed by atoms with Crippen molar-refractivity contribution in [3.63, 3.8) is 0 Å². The number of rotatable bonds is 4. The molecule has 0 unspecified atom stereocenters. The summed E-state index contributed by atoms with van der Waals surface area (Å²) in [6, 6.07) is 8.01. The van der Waals surface area contributed by atoms with Crippen LogP contribution >= 0.6 is 24.0 Å². The van der Waals surface area contributed by atoms with Crippen LogP contribution in [0.1, 0.15) is 24.8 Å². The van der Waals surface area contributed by atoms with Gasteiger partial charge in [-0.25, -0.2) is 0 Å². The first-order chi connectivity index (χ1) is 9.17. The molecule has 0 saturated carbocycles. The van der Waals surface area contributed by atoms with Crippen molar-refractivity contribution in [2.45, 2.75) is 25.8 Å². The van der Waals surface area contributed by atoms with Crippen molar-refractivity contribution >= 4 is 30.0 Å². The molecule has 20 heavy (non-hydrogen) atoms. The van der Waals surface area contributed by atoms with Crippen molar-refractivity contribution in [2.24, 2.45) is 5.92 Å². The molecule has 112 valence electrons. The van der Waals surface area contributed by atoms with Gasteiger partial charge in [0.15, 0.2) is 0 Å². The number of nitrogens with zero attached hydrogens (tertiary/aromatic N) is 1. The number of ether oxygens (including phenoxy) is 1. The van der Waals surface area contributed by atoms with E-state index in [-0.39, 0.29) is 18.4 Å². The maximum absolute atomic E-state index is 11.2. The van der Waals surface area contributed by atoms with Crippen molar-refractivity contribution in [3.8, 4) is 0 Å². The smallest absolute Gasteiger partial charge is 0.305 e. The van der Waals surface area contributed by atoms with Crippen LogP contribution in [0.3, 0.4) is 0 Å². The highest BCUT2D eigenvalue weighted by Crippen LogP contribution is 2.22. The second-order valence-corrected chi connectivity index (χ2v) is 5.56. The lowest BCUT2D eigenvalue weighted by Crippen LogP contribution is -2.34. The van der Waals surface area contributed by atoms with E-state index >= 15 is 0 Å². The van der Waals surface area contributed by atoms with Crippen molar-refractivity contribution in [2.75, 3.05) is 20.2 Å². The summed E-state index contributed by atoms with van der Waals surface area (Å²) in [5.41, 5.74) is 1.29. The van der Waals surface area contributed by atoms with Crippen LogP contribution in [0.25, 0.3) is 0 Å². The van der Waals surface area contributed by atoms with Gasteiger partial charge in [0, 0.05) is 18.0 Å². The van der Waals surface area contributed by atoms with Crippen LogP contribution in [0.2, 0.25) is 5.02 Å². The molecule has 3 nitrogen and oxygen atoms in total. The molecule has 5 heteroatoms. The predicted octanol–water partition coefficient (Wildman–Crippen LogP) is 3.54. The van der Waals surface area contributed by atoms with E-state index in [9.17, 15) is 4.79 Å². The van der Waals surface area contributed by atoms with Crippen molar-refractivity contribution in [1.29, 1.82) is 0 Å². The SMILES string of the molecule is COC(=O)CC1CCN(Cc2ccc(Cl)cc2)CC1.Cl. The standard InChI is InChI=1S/C15H20ClNO2.ClH/c1-19-15(18)10-12-6-8-17(9-7-12)11-13-2-4-14(16)5-3-13;/h2-5,12H,6-11H2,1H3;1H. The third-order valence-electron chi connectivity index (χ3n) is 3.71.